The minimum Gasteiger partial charge on any atom is -0.481 e. The first-order valence-electron chi connectivity index (χ1n) is 9.48. The van der Waals surface area contributed by atoms with Crippen LogP contribution < -0.4 is 22.4 Å². The van der Waals surface area contributed by atoms with E-state index in [1.165, 1.54) is 11.1 Å². The number of hydrogen-bond acceptors (Lipinski definition) is 6. The number of pyridine rings is 1. The molecule has 0 saturated carbocycles. The lowest BCUT2D eigenvalue weighted by Crippen LogP contribution is -2.38. The van der Waals surface area contributed by atoms with Crippen molar-refractivity contribution in [1.82, 2.24) is 15.7 Å². The van der Waals surface area contributed by atoms with Crippen LogP contribution in [0.4, 0.5) is 0 Å². The van der Waals surface area contributed by atoms with Crippen LogP contribution in [-0.2, 0) is 4.79 Å². The number of carboxylic acids is 1. The number of aromatic nitrogens is 1. The van der Waals surface area contributed by atoms with Crippen LogP contribution in [0.1, 0.15) is 52.3 Å². The van der Waals surface area contributed by atoms with E-state index in [4.69, 9.17) is 16.8 Å². The Morgan fingerprint density at radius 3 is 2.39 bits per heavy atom. The lowest BCUT2D eigenvalue weighted by Gasteiger charge is -2.26. The Balaban J connectivity index is 0.000000480. The van der Waals surface area contributed by atoms with E-state index in [-0.39, 0.29) is 17.7 Å². The minimum absolute atomic E-state index is 0.200. The van der Waals surface area contributed by atoms with Crippen LogP contribution >= 0.6 is 0 Å². The number of hydrazine groups is 1. The van der Waals surface area contributed by atoms with Gasteiger partial charge in [-0.15, -0.1) is 0 Å². The van der Waals surface area contributed by atoms with Crippen LogP contribution in [-0.4, -0.2) is 35.0 Å². The first kappa shape index (κ1) is 25.6. The summed E-state index contributed by atoms with van der Waals surface area (Å²) in [5, 5.41) is 15.6. The molecule has 158 valence electrons. The number of hydrazone groups is 1. The lowest BCUT2D eigenvalue weighted by atomic mass is 9.78. The van der Waals surface area contributed by atoms with E-state index in [0.29, 0.717) is 0 Å². The Labute approximate surface area is 168 Å². The minimum atomic E-state index is -0.881. The van der Waals surface area contributed by atoms with Crippen molar-refractivity contribution in [2.24, 2.45) is 28.1 Å². The van der Waals surface area contributed by atoms with Crippen LogP contribution in [0.2, 0.25) is 0 Å². The van der Waals surface area contributed by atoms with Gasteiger partial charge in [-0.3, -0.25) is 9.78 Å². The molecule has 0 aliphatic carbocycles. The average Bonchev–Trinajstić information content (AvgIpc) is 3.19. The van der Waals surface area contributed by atoms with Gasteiger partial charge < -0.3 is 21.7 Å². The van der Waals surface area contributed by atoms with Gasteiger partial charge in [-0.05, 0) is 29.5 Å². The molecule has 2 heterocycles. The SMILES string of the molecule is CC.CC(C)(C)C(C/C(=N/N)NN)C(=O)O.Cc1ccc(C2=CCNC2)nc1. The second-order valence-electron chi connectivity index (χ2n) is 7.26. The summed E-state index contributed by atoms with van der Waals surface area (Å²) in [6, 6.07) is 4.18. The van der Waals surface area contributed by atoms with Crippen molar-refractivity contribution in [3.63, 3.8) is 0 Å². The van der Waals surface area contributed by atoms with Crippen LogP contribution in [0, 0.1) is 18.3 Å². The summed E-state index contributed by atoms with van der Waals surface area (Å²) in [5.74, 6) is 8.98. The zero-order chi connectivity index (χ0) is 21.7. The molecule has 2 rings (SSSR count). The Kier molecular flexibility index (Phi) is 11.7. The molecule has 0 spiro atoms. The van der Waals surface area contributed by atoms with E-state index < -0.39 is 11.9 Å². The fourth-order valence-corrected chi connectivity index (χ4v) is 2.43. The van der Waals surface area contributed by atoms with Gasteiger partial charge in [0.25, 0.3) is 0 Å². The Hall–Kier alpha value is -2.45. The number of aliphatic carboxylic acids is 1. The van der Waals surface area contributed by atoms with Gasteiger partial charge in [-0.25, -0.2) is 5.84 Å². The van der Waals surface area contributed by atoms with E-state index >= 15 is 0 Å². The third-order valence-corrected chi connectivity index (χ3v) is 4.11. The molecule has 1 unspecified atom stereocenters. The van der Waals surface area contributed by atoms with Crippen molar-refractivity contribution in [2.75, 3.05) is 13.1 Å². The number of aryl methyl sites for hydroxylation is 1. The summed E-state index contributed by atoms with van der Waals surface area (Å²) in [6.45, 7) is 13.5. The maximum absolute atomic E-state index is 10.9. The summed E-state index contributed by atoms with van der Waals surface area (Å²) in [4.78, 5) is 15.3. The molecule has 0 amide bonds. The number of hydrogen-bond donors (Lipinski definition) is 5. The third kappa shape index (κ3) is 8.96. The molecule has 28 heavy (non-hydrogen) atoms. The van der Waals surface area contributed by atoms with E-state index in [0.717, 1.165) is 18.8 Å². The molecular weight excluding hydrogens is 356 g/mol. The number of nitrogens with zero attached hydrogens (tertiary/aromatic N) is 2. The van der Waals surface area contributed by atoms with E-state index in [2.05, 4.69) is 46.0 Å². The predicted molar refractivity (Wildman–Crippen MR) is 115 cm³/mol. The van der Waals surface area contributed by atoms with Crippen molar-refractivity contribution < 1.29 is 9.90 Å². The van der Waals surface area contributed by atoms with Crippen molar-refractivity contribution >= 4 is 17.4 Å². The number of nitrogens with two attached hydrogens (primary N) is 2. The monoisotopic (exact) mass is 392 g/mol. The molecule has 0 bridgehead atoms. The van der Waals surface area contributed by atoms with Gasteiger partial charge in [0, 0.05) is 25.7 Å². The molecule has 1 atom stereocenters. The molecule has 8 heteroatoms. The molecule has 0 fully saturated rings. The summed E-state index contributed by atoms with van der Waals surface area (Å²) >= 11 is 0. The first-order chi connectivity index (χ1) is 13.2. The highest BCUT2D eigenvalue weighted by molar-refractivity contribution is 5.86. The van der Waals surface area contributed by atoms with Crippen LogP contribution in [0.3, 0.4) is 0 Å². The molecule has 0 saturated heterocycles. The standard InChI is InChI=1S/C10H12N2.C8H18N4O2.C2H6/c1-8-2-3-10(12-6-8)9-4-5-11-7-9;1-8(2,3)5(7(13)14)4-6(11-9)12-10;1-2/h2-4,6,11H,5,7H2,1H3;5H,4,9-10H2,1-3H3,(H,11,12)(H,13,14);1-2H3. The highest BCUT2D eigenvalue weighted by Crippen LogP contribution is 2.28. The largest absolute Gasteiger partial charge is 0.481 e. The first-order valence-corrected chi connectivity index (χ1v) is 9.48. The van der Waals surface area contributed by atoms with Crippen LogP contribution in [0.25, 0.3) is 5.57 Å². The van der Waals surface area contributed by atoms with Crippen molar-refractivity contribution in [2.45, 2.75) is 48.0 Å². The van der Waals surface area contributed by atoms with Crippen LogP contribution in [0.15, 0.2) is 29.5 Å². The lowest BCUT2D eigenvalue weighted by molar-refractivity contribution is -0.145. The molecule has 1 aliphatic heterocycles. The van der Waals surface area contributed by atoms with Gasteiger partial charge in [0.05, 0.1) is 11.6 Å². The van der Waals surface area contributed by atoms with Crippen molar-refractivity contribution in [3.8, 4) is 0 Å². The van der Waals surface area contributed by atoms with Crippen LogP contribution in [0.5, 0.6) is 0 Å². The van der Waals surface area contributed by atoms with E-state index in [1.807, 2.05) is 40.8 Å². The fourth-order valence-electron chi connectivity index (χ4n) is 2.43. The highest BCUT2D eigenvalue weighted by Gasteiger charge is 2.32. The fraction of sp³-hybridized carbons (Fsp3) is 0.550. The summed E-state index contributed by atoms with van der Waals surface area (Å²) in [6.07, 6.45) is 4.30. The third-order valence-electron chi connectivity index (χ3n) is 4.11. The topological polar surface area (TPSA) is 139 Å². The predicted octanol–water partition coefficient (Wildman–Crippen LogP) is 2.26. The second kappa shape index (κ2) is 12.9. The molecule has 1 aromatic heterocycles. The van der Waals surface area contributed by atoms with Crippen molar-refractivity contribution in [1.29, 1.82) is 0 Å². The highest BCUT2D eigenvalue weighted by atomic mass is 16.4. The zero-order valence-corrected chi connectivity index (χ0v) is 17.9. The smallest absolute Gasteiger partial charge is 0.307 e. The van der Waals surface area contributed by atoms with Gasteiger partial charge >= 0.3 is 5.97 Å². The average molecular weight is 393 g/mol. The molecule has 7 N–H and O–H groups in total. The number of carbonyl (C=O) groups is 1. The molecule has 8 nitrogen and oxygen atoms in total. The molecular formula is C20H36N6O2. The molecule has 0 aromatic carbocycles. The van der Waals surface area contributed by atoms with E-state index in [1.54, 1.807) is 0 Å². The van der Waals surface area contributed by atoms with Gasteiger partial charge in [-0.2, -0.15) is 5.10 Å². The summed E-state index contributed by atoms with van der Waals surface area (Å²) < 4.78 is 0. The molecule has 1 aliphatic rings. The molecule has 0 radical (unpaired) electrons. The van der Waals surface area contributed by atoms with Gasteiger partial charge in [-0.1, -0.05) is 46.8 Å². The summed E-state index contributed by atoms with van der Waals surface area (Å²) in [5.41, 5.74) is 5.54. The van der Waals surface area contributed by atoms with Gasteiger partial charge in [0.2, 0.25) is 0 Å². The van der Waals surface area contributed by atoms with E-state index in [9.17, 15) is 4.79 Å². The Morgan fingerprint density at radius 1 is 1.39 bits per heavy atom. The summed E-state index contributed by atoms with van der Waals surface area (Å²) in [7, 11) is 0. The number of nitrogens with one attached hydrogen (secondary N) is 2. The van der Waals surface area contributed by atoms with Gasteiger partial charge in [0.1, 0.15) is 5.84 Å². The van der Waals surface area contributed by atoms with Crippen molar-refractivity contribution in [3.05, 3.63) is 35.7 Å². The normalized spacial score (nSPS) is 14.7. The van der Waals surface area contributed by atoms with Gasteiger partial charge in [0.15, 0.2) is 0 Å². The zero-order valence-electron chi connectivity index (χ0n) is 17.9. The second-order valence-corrected chi connectivity index (χ2v) is 7.26. The number of amidine groups is 1. The number of rotatable bonds is 4. The Bertz CT molecular complexity index is 648. The maximum atomic E-state index is 10.9. The number of carboxylic acid groups (broad SMARTS) is 1. The Morgan fingerprint density at radius 2 is 2.04 bits per heavy atom. The maximum Gasteiger partial charge on any atom is 0.307 e. The molecule has 1 aromatic rings. The quantitative estimate of drug-likeness (QED) is 0.229.